The van der Waals surface area contributed by atoms with Crippen LogP contribution in [0.4, 0.5) is 0 Å². The minimum Gasteiger partial charge on any atom is -0.493 e. The van der Waals surface area contributed by atoms with Gasteiger partial charge < -0.3 is 20.9 Å². The smallest absolute Gasteiger partial charge is 0.211 e. The minimum atomic E-state index is -0.110. The van der Waals surface area contributed by atoms with Crippen LogP contribution >= 0.6 is 15.9 Å². The SMILES string of the molecule is COc1cccc(/C=N/N=C(N)N)c1OCc1ccc(Br)cc1. The molecule has 0 spiro atoms. The van der Waals surface area contributed by atoms with Crippen LogP contribution in [-0.4, -0.2) is 19.3 Å². The van der Waals surface area contributed by atoms with Crippen LogP contribution in [0, 0.1) is 0 Å². The number of nitrogens with two attached hydrogens (primary N) is 2. The van der Waals surface area contributed by atoms with E-state index in [-0.39, 0.29) is 5.96 Å². The fourth-order valence-electron chi connectivity index (χ4n) is 1.84. The van der Waals surface area contributed by atoms with E-state index in [0.29, 0.717) is 23.7 Å². The van der Waals surface area contributed by atoms with Gasteiger partial charge in [0.05, 0.1) is 13.3 Å². The van der Waals surface area contributed by atoms with E-state index in [1.807, 2.05) is 42.5 Å². The van der Waals surface area contributed by atoms with E-state index in [9.17, 15) is 0 Å². The van der Waals surface area contributed by atoms with E-state index < -0.39 is 0 Å². The molecule has 0 amide bonds. The van der Waals surface area contributed by atoms with Gasteiger partial charge in [0.15, 0.2) is 11.5 Å². The number of ether oxygens (including phenoxy) is 2. The molecule has 0 unspecified atom stereocenters. The number of hydrogen-bond acceptors (Lipinski definition) is 4. The zero-order valence-corrected chi connectivity index (χ0v) is 14.2. The molecular weight excluding hydrogens is 360 g/mol. The lowest BCUT2D eigenvalue weighted by molar-refractivity contribution is 0.284. The summed E-state index contributed by atoms with van der Waals surface area (Å²) in [5.41, 5.74) is 12.3. The van der Waals surface area contributed by atoms with E-state index in [1.54, 1.807) is 7.11 Å². The fraction of sp³-hybridized carbons (Fsp3) is 0.125. The molecule has 23 heavy (non-hydrogen) atoms. The molecule has 0 aromatic heterocycles. The van der Waals surface area contributed by atoms with Crippen molar-refractivity contribution >= 4 is 28.1 Å². The number of benzene rings is 2. The van der Waals surface area contributed by atoms with Crippen LogP contribution in [0.15, 0.2) is 57.1 Å². The lowest BCUT2D eigenvalue weighted by Gasteiger charge is -2.13. The molecule has 0 saturated heterocycles. The van der Waals surface area contributed by atoms with Gasteiger partial charge in [-0.3, -0.25) is 0 Å². The van der Waals surface area contributed by atoms with Crippen molar-refractivity contribution in [2.45, 2.75) is 6.61 Å². The average Bonchev–Trinajstić information content (AvgIpc) is 2.54. The first-order chi connectivity index (χ1) is 11.1. The molecule has 4 N–H and O–H groups in total. The quantitative estimate of drug-likeness (QED) is 0.460. The number of para-hydroxylation sites is 1. The summed E-state index contributed by atoms with van der Waals surface area (Å²) in [5.74, 6) is 1.07. The highest BCUT2D eigenvalue weighted by Gasteiger charge is 2.09. The summed E-state index contributed by atoms with van der Waals surface area (Å²) in [6.45, 7) is 0.400. The van der Waals surface area contributed by atoms with Gasteiger partial charge in [0, 0.05) is 10.0 Å². The first-order valence-corrected chi connectivity index (χ1v) is 7.55. The molecular formula is C16H17BrN4O2. The first-order valence-electron chi connectivity index (χ1n) is 6.76. The van der Waals surface area contributed by atoms with Crippen molar-refractivity contribution in [2.24, 2.45) is 21.7 Å². The van der Waals surface area contributed by atoms with Crippen molar-refractivity contribution in [3.63, 3.8) is 0 Å². The van der Waals surface area contributed by atoms with E-state index in [4.69, 9.17) is 20.9 Å². The fourth-order valence-corrected chi connectivity index (χ4v) is 2.11. The van der Waals surface area contributed by atoms with Gasteiger partial charge in [-0.05, 0) is 29.8 Å². The van der Waals surface area contributed by atoms with Crippen LogP contribution in [0.3, 0.4) is 0 Å². The second-order valence-electron chi connectivity index (χ2n) is 4.56. The Morgan fingerprint density at radius 3 is 2.57 bits per heavy atom. The van der Waals surface area contributed by atoms with Crippen molar-refractivity contribution in [1.29, 1.82) is 0 Å². The van der Waals surface area contributed by atoms with Crippen molar-refractivity contribution in [1.82, 2.24) is 0 Å². The van der Waals surface area contributed by atoms with E-state index in [0.717, 1.165) is 10.0 Å². The zero-order valence-electron chi connectivity index (χ0n) is 12.6. The van der Waals surface area contributed by atoms with E-state index in [1.165, 1.54) is 6.21 Å². The van der Waals surface area contributed by atoms with Gasteiger partial charge >= 0.3 is 0 Å². The van der Waals surface area contributed by atoms with Gasteiger partial charge in [0.1, 0.15) is 6.61 Å². The number of rotatable bonds is 6. The summed E-state index contributed by atoms with van der Waals surface area (Å²) < 4.78 is 12.3. The van der Waals surface area contributed by atoms with Gasteiger partial charge in [-0.15, -0.1) is 5.10 Å². The van der Waals surface area contributed by atoms with Gasteiger partial charge in [0.2, 0.25) is 5.96 Å². The summed E-state index contributed by atoms with van der Waals surface area (Å²) in [5, 5.41) is 7.40. The maximum absolute atomic E-state index is 5.90. The maximum atomic E-state index is 5.90. The molecule has 0 radical (unpaired) electrons. The molecule has 0 fully saturated rings. The summed E-state index contributed by atoms with van der Waals surface area (Å²) >= 11 is 3.40. The molecule has 0 heterocycles. The minimum absolute atomic E-state index is 0.110. The van der Waals surface area contributed by atoms with Crippen molar-refractivity contribution in [3.8, 4) is 11.5 Å². The normalized spacial score (nSPS) is 10.5. The van der Waals surface area contributed by atoms with Gasteiger partial charge in [-0.2, -0.15) is 5.10 Å². The van der Waals surface area contributed by atoms with Crippen LogP contribution in [0.25, 0.3) is 0 Å². The molecule has 2 aromatic carbocycles. The molecule has 6 nitrogen and oxygen atoms in total. The molecule has 0 aliphatic carbocycles. The van der Waals surface area contributed by atoms with Crippen LogP contribution in [0.2, 0.25) is 0 Å². The molecule has 0 bridgehead atoms. The highest BCUT2D eigenvalue weighted by Crippen LogP contribution is 2.31. The Kier molecular flexibility index (Phi) is 5.99. The number of halogens is 1. The molecule has 7 heteroatoms. The molecule has 0 atom stereocenters. The highest BCUT2D eigenvalue weighted by molar-refractivity contribution is 9.10. The summed E-state index contributed by atoms with van der Waals surface area (Å²) in [4.78, 5) is 0. The number of methoxy groups -OCH3 is 1. The largest absolute Gasteiger partial charge is 0.493 e. The number of hydrogen-bond donors (Lipinski definition) is 2. The second-order valence-corrected chi connectivity index (χ2v) is 5.48. The third-order valence-corrected chi connectivity index (χ3v) is 3.42. The Labute approximate surface area is 142 Å². The molecule has 0 aliphatic rings. The molecule has 0 saturated carbocycles. The van der Waals surface area contributed by atoms with Crippen LogP contribution < -0.4 is 20.9 Å². The molecule has 2 rings (SSSR count). The van der Waals surface area contributed by atoms with Crippen LogP contribution in [0.5, 0.6) is 11.5 Å². The molecule has 120 valence electrons. The Balaban J connectivity index is 2.22. The zero-order chi connectivity index (χ0) is 16.7. The third kappa shape index (κ3) is 5.00. The summed E-state index contributed by atoms with van der Waals surface area (Å²) in [6.07, 6.45) is 1.51. The Morgan fingerprint density at radius 1 is 1.17 bits per heavy atom. The van der Waals surface area contributed by atoms with Crippen molar-refractivity contribution < 1.29 is 9.47 Å². The first kappa shape index (κ1) is 16.8. The van der Waals surface area contributed by atoms with E-state index >= 15 is 0 Å². The standard InChI is InChI=1S/C16H17BrN4O2/c1-22-14-4-2-3-12(9-20-21-16(18)19)15(14)23-10-11-5-7-13(17)8-6-11/h2-9H,10H2,1H3,(H4,18,19,21)/b20-9+. The van der Waals surface area contributed by atoms with Crippen molar-refractivity contribution in [3.05, 3.63) is 58.1 Å². The van der Waals surface area contributed by atoms with Crippen LogP contribution in [-0.2, 0) is 6.61 Å². The third-order valence-electron chi connectivity index (χ3n) is 2.90. The average molecular weight is 377 g/mol. The predicted octanol–water partition coefficient (Wildman–Crippen LogP) is 2.64. The highest BCUT2D eigenvalue weighted by atomic mass is 79.9. The maximum Gasteiger partial charge on any atom is 0.211 e. The predicted molar refractivity (Wildman–Crippen MR) is 94.9 cm³/mol. The van der Waals surface area contributed by atoms with Crippen LogP contribution in [0.1, 0.15) is 11.1 Å². The molecule has 0 aliphatic heterocycles. The molecule has 2 aromatic rings. The van der Waals surface area contributed by atoms with Gasteiger partial charge in [-0.25, -0.2) is 0 Å². The van der Waals surface area contributed by atoms with Crippen molar-refractivity contribution in [2.75, 3.05) is 7.11 Å². The topological polar surface area (TPSA) is 95.2 Å². The number of nitrogens with zero attached hydrogens (tertiary/aromatic N) is 2. The lowest BCUT2D eigenvalue weighted by atomic mass is 10.2. The Bertz CT molecular complexity index is 711. The Hall–Kier alpha value is -2.54. The summed E-state index contributed by atoms with van der Waals surface area (Å²) in [7, 11) is 1.58. The summed E-state index contributed by atoms with van der Waals surface area (Å²) in [6, 6.07) is 13.4. The van der Waals surface area contributed by atoms with Gasteiger partial charge in [0.25, 0.3) is 0 Å². The Morgan fingerprint density at radius 2 is 1.91 bits per heavy atom. The van der Waals surface area contributed by atoms with Gasteiger partial charge in [-0.1, -0.05) is 34.1 Å². The monoisotopic (exact) mass is 376 g/mol. The van der Waals surface area contributed by atoms with E-state index in [2.05, 4.69) is 26.1 Å². The second kappa shape index (κ2) is 8.19. The number of guanidine groups is 1. The lowest BCUT2D eigenvalue weighted by Crippen LogP contribution is -2.21.